The third-order valence-electron chi connectivity index (χ3n) is 6.41. The Morgan fingerprint density at radius 3 is 1.76 bits per heavy atom. The first kappa shape index (κ1) is 25.1. The lowest BCUT2D eigenvalue weighted by atomic mass is 10.1. The van der Waals surface area contributed by atoms with Crippen LogP contribution in [-0.4, -0.2) is 45.5 Å². The van der Waals surface area contributed by atoms with Gasteiger partial charge in [0.15, 0.2) is 6.10 Å². The number of para-hydroxylation sites is 2. The Morgan fingerprint density at radius 1 is 0.568 bits per heavy atom. The predicted molar refractivity (Wildman–Crippen MR) is 149 cm³/mol. The molecule has 0 saturated carbocycles. The van der Waals surface area contributed by atoms with E-state index in [9.17, 15) is 0 Å². The van der Waals surface area contributed by atoms with E-state index in [2.05, 4.69) is 52.3 Å². The van der Waals surface area contributed by atoms with Crippen LogP contribution in [-0.2, 0) is 13.1 Å². The Balaban J connectivity index is 1.36. The Kier molecular flexibility index (Phi) is 8.88. The van der Waals surface area contributed by atoms with Gasteiger partial charge in [0.05, 0.1) is 0 Å². The van der Waals surface area contributed by atoms with Crippen LogP contribution < -0.4 is 30.2 Å². The minimum Gasteiger partial charge on any atom is -0.489 e. The van der Waals surface area contributed by atoms with Crippen LogP contribution in [0.25, 0.3) is 10.8 Å². The molecule has 0 atom stereocenters. The molecule has 192 valence electrons. The summed E-state index contributed by atoms with van der Waals surface area (Å²) in [7, 11) is 0. The van der Waals surface area contributed by atoms with Crippen LogP contribution in [0.5, 0.6) is 17.2 Å². The maximum Gasteiger partial charge on any atom is 0.166 e. The summed E-state index contributed by atoms with van der Waals surface area (Å²) in [5.41, 5.74) is 2.25. The van der Waals surface area contributed by atoms with E-state index in [0.717, 1.165) is 73.0 Å². The van der Waals surface area contributed by atoms with Gasteiger partial charge < -0.3 is 30.2 Å². The molecule has 1 aliphatic heterocycles. The quantitative estimate of drug-likeness (QED) is 0.378. The van der Waals surface area contributed by atoms with E-state index in [1.54, 1.807) is 0 Å². The molecular formula is C31H35N3O3. The summed E-state index contributed by atoms with van der Waals surface area (Å²) < 4.78 is 19.1. The van der Waals surface area contributed by atoms with Crippen molar-refractivity contribution in [2.75, 3.05) is 39.4 Å². The third kappa shape index (κ3) is 7.23. The minimum atomic E-state index is -0.300. The van der Waals surface area contributed by atoms with Crippen LogP contribution >= 0.6 is 0 Å². The number of benzene rings is 4. The molecule has 0 unspecified atom stereocenters. The number of hydrogen-bond donors (Lipinski definition) is 3. The van der Waals surface area contributed by atoms with Crippen LogP contribution in [0.1, 0.15) is 11.1 Å². The smallest absolute Gasteiger partial charge is 0.166 e. The van der Waals surface area contributed by atoms with E-state index in [1.807, 2.05) is 54.6 Å². The molecular weight excluding hydrogens is 462 g/mol. The molecule has 1 aliphatic rings. The van der Waals surface area contributed by atoms with Gasteiger partial charge in [0.1, 0.15) is 30.5 Å². The van der Waals surface area contributed by atoms with Crippen molar-refractivity contribution in [2.24, 2.45) is 0 Å². The van der Waals surface area contributed by atoms with E-state index in [-0.39, 0.29) is 6.10 Å². The maximum atomic E-state index is 6.45. The summed E-state index contributed by atoms with van der Waals surface area (Å²) in [5, 5.41) is 12.8. The zero-order valence-electron chi connectivity index (χ0n) is 21.1. The normalized spacial score (nSPS) is 16.3. The van der Waals surface area contributed by atoms with Crippen LogP contribution in [0.3, 0.4) is 0 Å². The topological polar surface area (TPSA) is 63.8 Å². The highest BCUT2D eigenvalue weighted by molar-refractivity contribution is 5.83. The molecule has 6 heteroatoms. The molecule has 0 amide bonds. The second kappa shape index (κ2) is 13.1. The molecule has 0 bridgehead atoms. The fourth-order valence-electron chi connectivity index (χ4n) is 4.42. The Hall–Kier alpha value is -3.58. The molecule has 0 fully saturated rings. The number of ether oxygens (including phenoxy) is 3. The summed E-state index contributed by atoms with van der Waals surface area (Å²) in [6.07, 6.45) is -0.300. The van der Waals surface area contributed by atoms with Crippen molar-refractivity contribution in [1.29, 1.82) is 0 Å². The van der Waals surface area contributed by atoms with Gasteiger partial charge in [-0.05, 0) is 35.0 Å². The second-order valence-corrected chi connectivity index (χ2v) is 9.19. The summed E-state index contributed by atoms with van der Waals surface area (Å²) in [6, 6.07) is 30.8. The van der Waals surface area contributed by atoms with Crippen molar-refractivity contribution in [1.82, 2.24) is 16.0 Å². The third-order valence-corrected chi connectivity index (χ3v) is 6.41. The Morgan fingerprint density at radius 2 is 1.11 bits per heavy atom. The molecule has 6 nitrogen and oxygen atoms in total. The fourth-order valence-corrected chi connectivity index (χ4v) is 4.42. The van der Waals surface area contributed by atoms with Gasteiger partial charge in [0.2, 0.25) is 0 Å². The first-order valence-corrected chi connectivity index (χ1v) is 13.0. The molecule has 3 N–H and O–H groups in total. The molecule has 4 aromatic rings. The maximum absolute atomic E-state index is 6.45. The molecule has 5 rings (SSSR count). The van der Waals surface area contributed by atoms with Crippen LogP contribution in [0.15, 0.2) is 91.0 Å². The number of fused-ring (bicyclic) bond motifs is 3. The number of hydrogen-bond acceptors (Lipinski definition) is 6. The molecule has 0 radical (unpaired) electrons. The molecule has 1 heterocycles. The largest absolute Gasteiger partial charge is 0.489 e. The van der Waals surface area contributed by atoms with Gasteiger partial charge in [-0.3, -0.25) is 0 Å². The van der Waals surface area contributed by atoms with Gasteiger partial charge in [0, 0.05) is 50.4 Å². The second-order valence-electron chi connectivity index (χ2n) is 9.19. The van der Waals surface area contributed by atoms with Gasteiger partial charge in [-0.15, -0.1) is 0 Å². The predicted octanol–water partition coefficient (Wildman–Crippen LogP) is 4.53. The van der Waals surface area contributed by atoms with E-state index < -0.39 is 0 Å². The SMILES string of the molecule is c1ccc2c(c1)CNCCNCCNCc1ccccc1OCC(Oc1ccc3ccccc3c1)CO2. The highest BCUT2D eigenvalue weighted by Crippen LogP contribution is 2.24. The van der Waals surface area contributed by atoms with Crippen molar-refractivity contribution in [3.05, 3.63) is 102 Å². The van der Waals surface area contributed by atoms with Crippen LogP contribution in [0.4, 0.5) is 0 Å². The number of nitrogens with one attached hydrogen (secondary N) is 3. The van der Waals surface area contributed by atoms with Gasteiger partial charge in [-0.25, -0.2) is 0 Å². The van der Waals surface area contributed by atoms with Gasteiger partial charge in [-0.1, -0.05) is 66.7 Å². The fraction of sp³-hybridized carbons (Fsp3) is 0.290. The molecule has 0 saturated heterocycles. The van der Waals surface area contributed by atoms with E-state index in [4.69, 9.17) is 14.2 Å². The van der Waals surface area contributed by atoms with Gasteiger partial charge >= 0.3 is 0 Å². The van der Waals surface area contributed by atoms with Crippen molar-refractivity contribution >= 4 is 10.8 Å². The lowest BCUT2D eigenvalue weighted by molar-refractivity contribution is 0.0804. The summed E-state index contributed by atoms with van der Waals surface area (Å²) in [6.45, 7) is 5.82. The summed E-state index contributed by atoms with van der Waals surface area (Å²) in [4.78, 5) is 0. The summed E-state index contributed by atoms with van der Waals surface area (Å²) >= 11 is 0. The lowest BCUT2D eigenvalue weighted by Crippen LogP contribution is -2.33. The minimum absolute atomic E-state index is 0.300. The molecule has 0 aliphatic carbocycles. The first-order valence-electron chi connectivity index (χ1n) is 13.0. The lowest BCUT2D eigenvalue weighted by Gasteiger charge is -2.22. The van der Waals surface area contributed by atoms with Gasteiger partial charge in [-0.2, -0.15) is 0 Å². The molecule has 0 spiro atoms. The zero-order chi connectivity index (χ0) is 25.1. The highest BCUT2D eigenvalue weighted by Gasteiger charge is 2.16. The summed E-state index contributed by atoms with van der Waals surface area (Å²) in [5.74, 6) is 2.53. The van der Waals surface area contributed by atoms with Crippen LogP contribution in [0, 0.1) is 0 Å². The van der Waals surface area contributed by atoms with Crippen molar-refractivity contribution in [3.8, 4) is 17.2 Å². The van der Waals surface area contributed by atoms with Crippen molar-refractivity contribution < 1.29 is 14.2 Å². The Bertz CT molecular complexity index is 1220. The van der Waals surface area contributed by atoms with Crippen molar-refractivity contribution in [3.63, 3.8) is 0 Å². The van der Waals surface area contributed by atoms with E-state index in [1.165, 1.54) is 5.39 Å². The average molecular weight is 498 g/mol. The average Bonchev–Trinajstić information content (AvgIpc) is 2.94. The first-order chi connectivity index (χ1) is 18.3. The Labute approximate surface area is 218 Å². The molecule has 4 aromatic carbocycles. The van der Waals surface area contributed by atoms with E-state index >= 15 is 0 Å². The molecule has 0 aromatic heterocycles. The van der Waals surface area contributed by atoms with Crippen molar-refractivity contribution in [2.45, 2.75) is 19.2 Å². The highest BCUT2D eigenvalue weighted by atomic mass is 16.6. The van der Waals surface area contributed by atoms with E-state index in [0.29, 0.717) is 13.2 Å². The standard InChI is InChI=1S/C31H35N3O3/c1-2-8-25-19-28(14-13-24(25)7-1)37-29-22-35-30-11-5-3-9-26(30)20-33-17-15-32-16-18-34-21-27-10-4-6-12-31(27)36-23-29/h1-14,19,29,32-34H,15-18,20-23H2. The monoisotopic (exact) mass is 497 g/mol. The van der Waals surface area contributed by atoms with Crippen LogP contribution in [0.2, 0.25) is 0 Å². The van der Waals surface area contributed by atoms with Gasteiger partial charge in [0.25, 0.3) is 0 Å². The zero-order valence-corrected chi connectivity index (χ0v) is 21.1. The molecule has 37 heavy (non-hydrogen) atoms. The number of rotatable bonds is 2.